The number of hydrogen-bond donors (Lipinski definition) is 0. The van der Waals surface area contributed by atoms with E-state index in [9.17, 15) is 4.39 Å². The van der Waals surface area contributed by atoms with Crippen molar-refractivity contribution in [3.63, 3.8) is 0 Å². The van der Waals surface area contributed by atoms with Gasteiger partial charge >= 0.3 is 0 Å². The Morgan fingerprint density at radius 3 is 2.63 bits per heavy atom. The minimum atomic E-state index is -0.135. The summed E-state index contributed by atoms with van der Waals surface area (Å²) in [6, 6.07) is 0. The zero-order valence-corrected chi connectivity index (χ0v) is 12.2. The first-order chi connectivity index (χ1) is 9.12. The molecule has 0 radical (unpaired) electrons. The van der Waals surface area contributed by atoms with Gasteiger partial charge in [-0.15, -0.1) is 0 Å². The Morgan fingerprint density at radius 2 is 2.05 bits per heavy atom. The molecule has 0 aliphatic heterocycles. The number of allylic oxidation sites excluding steroid dienone is 11. The fraction of sp³-hybridized carbons (Fsp3) is 0.333. The van der Waals surface area contributed by atoms with E-state index in [-0.39, 0.29) is 5.83 Å². The summed E-state index contributed by atoms with van der Waals surface area (Å²) in [5, 5.41) is 0. The van der Waals surface area contributed by atoms with Gasteiger partial charge in [0.1, 0.15) is 5.83 Å². The molecule has 0 saturated carbocycles. The number of rotatable bonds is 5. The van der Waals surface area contributed by atoms with E-state index in [4.69, 9.17) is 0 Å². The van der Waals surface area contributed by atoms with Crippen LogP contribution >= 0.6 is 0 Å². The summed E-state index contributed by atoms with van der Waals surface area (Å²) in [4.78, 5) is 0. The second-order valence-electron chi connectivity index (χ2n) is 4.63. The van der Waals surface area contributed by atoms with Crippen LogP contribution in [0.3, 0.4) is 0 Å². The highest BCUT2D eigenvalue weighted by atomic mass is 19.1. The quantitative estimate of drug-likeness (QED) is 0.532. The third kappa shape index (κ3) is 4.51. The van der Waals surface area contributed by atoms with Gasteiger partial charge in [-0.3, -0.25) is 0 Å². The molecule has 0 fully saturated rings. The standard InChI is InChI=1S/C18H23F/c1-5-15(6-2)12-11-14(4)17-10-8-9-16(7-3)13-18(17)19/h5,9-13H,1,6-8H2,2-4H3/b14-11+,15-12+. The van der Waals surface area contributed by atoms with E-state index in [1.165, 1.54) is 0 Å². The molecule has 0 aromatic carbocycles. The molecule has 1 aliphatic rings. The summed E-state index contributed by atoms with van der Waals surface area (Å²) in [7, 11) is 0. The summed E-state index contributed by atoms with van der Waals surface area (Å²) in [6.07, 6.45) is 14.1. The highest BCUT2D eigenvalue weighted by Gasteiger charge is 2.09. The smallest absolute Gasteiger partial charge is 0.130 e. The summed E-state index contributed by atoms with van der Waals surface area (Å²) in [5.74, 6) is -0.135. The summed E-state index contributed by atoms with van der Waals surface area (Å²) < 4.78 is 14.2. The SMILES string of the molecule is C=C/C(=C\C=C(/C)C1=CCC=C(CC)C=C1F)CC. The van der Waals surface area contributed by atoms with Crippen molar-refractivity contribution in [2.45, 2.75) is 40.0 Å². The fourth-order valence-corrected chi connectivity index (χ4v) is 1.97. The van der Waals surface area contributed by atoms with Gasteiger partial charge in [-0.05, 0) is 49.0 Å². The molecule has 0 atom stereocenters. The van der Waals surface area contributed by atoms with Gasteiger partial charge in [0, 0.05) is 5.57 Å². The van der Waals surface area contributed by atoms with E-state index in [1.54, 1.807) is 6.08 Å². The molecule has 1 heteroatoms. The van der Waals surface area contributed by atoms with Crippen LogP contribution in [0, 0.1) is 0 Å². The van der Waals surface area contributed by atoms with Crippen LogP contribution in [0.5, 0.6) is 0 Å². The van der Waals surface area contributed by atoms with Gasteiger partial charge in [0.2, 0.25) is 0 Å². The van der Waals surface area contributed by atoms with Gasteiger partial charge in [0.05, 0.1) is 0 Å². The van der Waals surface area contributed by atoms with Crippen LogP contribution in [-0.4, -0.2) is 0 Å². The first-order valence-electron chi connectivity index (χ1n) is 6.89. The summed E-state index contributed by atoms with van der Waals surface area (Å²) in [5.41, 5.74) is 3.88. The molecule has 0 aromatic rings. The topological polar surface area (TPSA) is 0 Å². The third-order valence-corrected chi connectivity index (χ3v) is 3.32. The lowest BCUT2D eigenvalue weighted by molar-refractivity contribution is 0.652. The molecule has 0 N–H and O–H groups in total. The molecule has 0 spiro atoms. The lowest BCUT2D eigenvalue weighted by Gasteiger charge is -2.04. The van der Waals surface area contributed by atoms with E-state index in [1.807, 2.05) is 38.2 Å². The van der Waals surface area contributed by atoms with Gasteiger partial charge < -0.3 is 0 Å². The van der Waals surface area contributed by atoms with Crippen molar-refractivity contribution in [3.8, 4) is 0 Å². The molecule has 0 bridgehead atoms. The summed E-state index contributed by atoms with van der Waals surface area (Å²) >= 11 is 0. The van der Waals surface area contributed by atoms with E-state index in [0.717, 1.165) is 36.0 Å². The van der Waals surface area contributed by atoms with Gasteiger partial charge in [0.25, 0.3) is 0 Å². The summed E-state index contributed by atoms with van der Waals surface area (Å²) in [6.45, 7) is 9.84. The maximum atomic E-state index is 14.2. The molecular formula is C18H23F. The van der Waals surface area contributed by atoms with Gasteiger partial charge in [0.15, 0.2) is 0 Å². The molecule has 1 aliphatic carbocycles. The van der Waals surface area contributed by atoms with Crippen LogP contribution in [0.25, 0.3) is 0 Å². The molecule has 19 heavy (non-hydrogen) atoms. The van der Waals surface area contributed by atoms with Gasteiger partial charge in [-0.25, -0.2) is 4.39 Å². The van der Waals surface area contributed by atoms with Crippen molar-refractivity contribution in [2.75, 3.05) is 0 Å². The number of hydrogen-bond acceptors (Lipinski definition) is 0. The average molecular weight is 258 g/mol. The van der Waals surface area contributed by atoms with Crippen LogP contribution in [-0.2, 0) is 0 Å². The minimum Gasteiger partial charge on any atom is -0.206 e. The number of halogens is 1. The molecule has 0 nitrogen and oxygen atoms in total. The van der Waals surface area contributed by atoms with E-state index >= 15 is 0 Å². The normalized spacial score (nSPS) is 17.4. The van der Waals surface area contributed by atoms with E-state index in [0.29, 0.717) is 5.57 Å². The molecule has 0 aromatic heterocycles. The zero-order chi connectivity index (χ0) is 14.3. The van der Waals surface area contributed by atoms with Crippen LogP contribution in [0.1, 0.15) is 40.0 Å². The first kappa shape index (κ1) is 15.4. The van der Waals surface area contributed by atoms with Crippen LogP contribution in [0.15, 0.2) is 71.2 Å². The molecule has 0 amide bonds. The van der Waals surface area contributed by atoms with Gasteiger partial charge in [-0.2, -0.15) is 0 Å². The Balaban J connectivity index is 2.98. The largest absolute Gasteiger partial charge is 0.206 e. The predicted molar refractivity (Wildman–Crippen MR) is 82.6 cm³/mol. The maximum Gasteiger partial charge on any atom is 0.130 e. The molecule has 1 rings (SSSR count). The lowest BCUT2D eigenvalue weighted by atomic mass is 10.0. The van der Waals surface area contributed by atoms with E-state index < -0.39 is 0 Å². The average Bonchev–Trinajstić information content (AvgIpc) is 2.61. The lowest BCUT2D eigenvalue weighted by Crippen LogP contribution is -1.87. The fourth-order valence-electron chi connectivity index (χ4n) is 1.97. The Hall–Kier alpha value is -1.63. The van der Waals surface area contributed by atoms with Gasteiger partial charge in [-0.1, -0.05) is 50.8 Å². The molecule has 0 unspecified atom stereocenters. The first-order valence-corrected chi connectivity index (χ1v) is 6.89. The maximum absolute atomic E-state index is 14.2. The van der Waals surface area contributed by atoms with Crippen molar-refractivity contribution in [1.29, 1.82) is 0 Å². The Labute approximate surface area is 116 Å². The second kappa shape index (κ2) is 7.73. The Morgan fingerprint density at radius 1 is 1.32 bits per heavy atom. The molecule has 0 heterocycles. The van der Waals surface area contributed by atoms with Crippen LogP contribution < -0.4 is 0 Å². The van der Waals surface area contributed by atoms with Crippen molar-refractivity contribution < 1.29 is 4.39 Å². The van der Waals surface area contributed by atoms with Crippen molar-refractivity contribution in [1.82, 2.24) is 0 Å². The Bertz CT molecular complexity index is 482. The van der Waals surface area contributed by atoms with Crippen molar-refractivity contribution in [2.24, 2.45) is 0 Å². The molecule has 102 valence electrons. The molecular weight excluding hydrogens is 235 g/mol. The third-order valence-electron chi connectivity index (χ3n) is 3.32. The predicted octanol–water partition coefficient (Wildman–Crippen LogP) is 5.98. The van der Waals surface area contributed by atoms with Crippen molar-refractivity contribution >= 4 is 0 Å². The van der Waals surface area contributed by atoms with E-state index in [2.05, 4.69) is 19.6 Å². The Kier molecular flexibility index (Phi) is 6.27. The van der Waals surface area contributed by atoms with Crippen molar-refractivity contribution in [3.05, 3.63) is 71.2 Å². The molecule has 0 saturated heterocycles. The highest BCUT2D eigenvalue weighted by molar-refractivity contribution is 5.48. The van der Waals surface area contributed by atoms with Crippen LogP contribution in [0.2, 0.25) is 0 Å². The second-order valence-corrected chi connectivity index (χ2v) is 4.63. The van der Waals surface area contributed by atoms with Crippen LogP contribution in [0.4, 0.5) is 4.39 Å². The monoisotopic (exact) mass is 258 g/mol. The minimum absolute atomic E-state index is 0.135. The highest BCUT2D eigenvalue weighted by Crippen LogP contribution is 2.26. The zero-order valence-electron chi connectivity index (χ0n) is 12.2.